The number of hydrogen-bond donors (Lipinski definition) is 3. The van der Waals surface area contributed by atoms with E-state index in [0.717, 1.165) is 6.42 Å². The van der Waals surface area contributed by atoms with Crippen molar-refractivity contribution in [1.29, 1.82) is 0 Å². The summed E-state index contributed by atoms with van der Waals surface area (Å²) in [5.41, 5.74) is -1.21. The lowest BCUT2D eigenvalue weighted by Crippen LogP contribution is -2.07. The molecule has 0 spiro atoms. The van der Waals surface area contributed by atoms with Gasteiger partial charge in [-0.25, -0.2) is 17.6 Å². The van der Waals surface area contributed by atoms with Crippen molar-refractivity contribution in [2.75, 3.05) is 11.9 Å². The number of anilines is 1. The first-order valence-electron chi connectivity index (χ1n) is 8.36. The summed E-state index contributed by atoms with van der Waals surface area (Å²) in [5, 5.41) is 21.5. The largest absolute Gasteiger partial charge is 0.505 e. The molecule has 0 saturated carbocycles. The van der Waals surface area contributed by atoms with Crippen molar-refractivity contribution >= 4 is 28.4 Å². The zero-order chi connectivity index (χ0) is 19.4. The van der Waals surface area contributed by atoms with Crippen LogP contribution in [0.1, 0.15) is 39.5 Å². The van der Waals surface area contributed by atoms with Gasteiger partial charge in [0.05, 0.1) is 16.5 Å². The highest BCUT2D eigenvalue weighted by Crippen LogP contribution is 2.48. The number of phenols is 2. The van der Waals surface area contributed by atoms with Gasteiger partial charge in [0.25, 0.3) is 0 Å². The number of halogens is 4. The molecule has 0 aliphatic carbocycles. The van der Waals surface area contributed by atoms with Gasteiger partial charge < -0.3 is 15.5 Å². The van der Waals surface area contributed by atoms with Crippen LogP contribution in [0.15, 0.2) is 4.99 Å². The number of benzene rings is 2. The van der Waals surface area contributed by atoms with Crippen LogP contribution < -0.4 is 5.32 Å². The lowest BCUT2D eigenvalue weighted by atomic mass is 10.0. The fourth-order valence-corrected chi connectivity index (χ4v) is 2.52. The molecular formula is C18H20F4N2O2. The molecular weight excluding hydrogens is 352 g/mol. The number of nitrogens with zero attached hydrogens (tertiary/aromatic N) is 1. The van der Waals surface area contributed by atoms with Crippen LogP contribution in [0.4, 0.5) is 28.9 Å². The summed E-state index contributed by atoms with van der Waals surface area (Å²) in [5.74, 6) is -8.74. The average molecular weight is 372 g/mol. The molecule has 0 heterocycles. The van der Waals surface area contributed by atoms with E-state index in [1.807, 2.05) is 13.8 Å². The molecule has 0 bridgehead atoms. The molecule has 0 unspecified atom stereocenters. The first-order valence-corrected chi connectivity index (χ1v) is 8.36. The summed E-state index contributed by atoms with van der Waals surface area (Å²) in [6.45, 7) is 3.93. The van der Waals surface area contributed by atoms with Gasteiger partial charge in [-0.1, -0.05) is 26.7 Å². The zero-order valence-electron chi connectivity index (χ0n) is 14.5. The van der Waals surface area contributed by atoms with Crippen molar-refractivity contribution in [2.45, 2.75) is 39.5 Å². The maximum absolute atomic E-state index is 14.3. The highest BCUT2D eigenvalue weighted by molar-refractivity contribution is 6.06. The van der Waals surface area contributed by atoms with E-state index in [-0.39, 0.29) is 6.54 Å². The summed E-state index contributed by atoms with van der Waals surface area (Å²) in [6.07, 6.45) is 3.81. The molecule has 26 heavy (non-hydrogen) atoms. The van der Waals surface area contributed by atoms with Gasteiger partial charge in [-0.2, -0.15) is 0 Å². The Morgan fingerprint density at radius 3 is 2.19 bits per heavy atom. The third-order valence-electron chi connectivity index (χ3n) is 3.91. The molecule has 0 atom stereocenters. The van der Waals surface area contributed by atoms with Crippen LogP contribution in [-0.4, -0.2) is 23.0 Å². The van der Waals surface area contributed by atoms with Crippen LogP contribution in [0.25, 0.3) is 10.8 Å². The first-order chi connectivity index (χ1) is 12.4. The standard InChI is InChI=1S/C18H20F4N2O2/c1-3-5-7-23-15-10-9(11(19)12(20)13(15)21)17(25)14(22)16(18(10)26)24-8-6-4-2/h8,23,25-26H,3-7H2,1-2H3. The summed E-state index contributed by atoms with van der Waals surface area (Å²) in [4.78, 5) is 3.75. The number of aliphatic imine (C=N–C) groups is 1. The Labute approximate surface area is 148 Å². The van der Waals surface area contributed by atoms with Crippen LogP contribution in [0, 0.1) is 23.3 Å². The number of rotatable bonds is 7. The lowest BCUT2D eigenvalue weighted by molar-refractivity contribution is 0.421. The second kappa shape index (κ2) is 8.25. The van der Waals surface area contributed by atoms with E-state index in [1.165, 1.54) is 6.21 Å². The minimum Gasteiger partial charge on any atom is -0.505 e. The maximum atomic E-state index is 14.3. The number of aromatic hydroxyl groups is 2. The van der Waals surface area contributed by atoms with Crippen LogP contribution >= 0.6 is 0 Å². The van der Waals surface area contributed by atoms with Crippen LogP contribution in [0.5, 0.6) is 11.5 Å². The van der Waals surface area contributed by atoms with Gasteiger partial charge in [0.15, 0.2) is 34.8 Å². The predicted octanol–water partition coefficient (Wildman–Crippen LogP) is 5.52. The second-order valence-electron chi connectivity index (χ2n) is 5.81. The van der Waals surface area contributed by atoms with E-state index >= 15 is 0 Å². The molecule has 4 nitrogen and oxygen atoms in total. The van der Waals surface area contributed by atoms with Gasteiger partial charge in [0.1, 0.15) is 5.69 Å². The minimum absolute atomic E-state index is 0.208. The van der Waals surface area contributed by atoms with E-state index in [1.54, 1.807) is 0 Å². The Kier molecular flexibility index (Phi) is 6.28. The molecule has 0 radical (unpaired) electrons. The third-order valence-corrected chi connectivity index (χ3v) is 3.91. The zero-order valence-corrected chi connectivity index (χ0v) is 14.5. The molecule has 0 aromatic heterocycles. The number of hydrogen-bond acceptors (Lipinski definition) is 4. The monoisotopic (exact) mass is 372 g/mol. The molecule has 0 aliphatic rings. The van der Waals surface area contributed by atoms with Gasteiger partial charge in [-0.05, 0) is 12.8 Å². The van der Waals surface area contributed by atoms with Gasteiger partial charge in [0, 0.05) is 12.8 Å². The number of nitrogens with one attached hydrogen (secondary N) is 1. The predicted molar refractivity (Wildman–Crippen MR) is 93.6 cm³/mol. The summed E-state index contributed by atoms with van der Waals surface area (Å²) < 4.78 is 56.7. The SMILES string of the molecule is CCCC=Nc1c(F)c(O)c2c(F)c(F)c(F)c(NCCCC)c2c1O. The average Bonchev–Trinajstić information content (AvgIpc) is 2.62. The highest BCUT2D eigenvalue weighted by atomic mass is 19.2. The maximum Gasteiger partial charge on any atom is 0.197 e. The Bertz CT molecular complexity index is 854. The van der Waals surface area contributed by atoms with Crippen molar-refractivity contribution in [3.8, 4) is 11.5 Å². The summed E-state index contributed by atoms with van der Waals surface area (Å²) >= 11 is 0. The molecule has 2 aromatic carbocycles. The van der Waals surface area contributed by atoms with Crippen molar-refractivity contribution in [3.63, 3.8) is 0 Å². The van der Waals surface area contributed by atoms with E-state index < -0.39 is 56.9 Å². The number of phenolic OH excluding ortho intramolecular Hbond substituents is 2. The molecule has 0 aliphatic heterocycles. The molecule has 8 heteroatoms. The van der Waals surface area contributed by atoms with Crippen molar-refractivity contribution in [1.82, 2.24) is 0 Å². The van der Waals surface area contributed by atoms with Gasteiger partial charge in [-0.15, -0.1) is 0 Å². The van der Waals surface area contributed by atoms with Crippen LogP contribution in [0.3, 0.4) is 0 Å². The van der Waals surface area contributed by atoms with Crippen molar-refractivity contribution in [2.24, 2.45) is 4.99 Å². The summed E-state index contributed by atoms with van der Waals surface area (Å²) in [7, 11) is 0. The Morgan fingerprint density at radius 2 is 1.58 bits per heavy atom. The highest BCUT2D eigenvalue weighted by Gasteiger charge is 2.29. The Hall–Kier alpha value is -2.51. The molecule has 0 fully saturated rings. The topological polar surface area (TPSA) is 64.9 Å². The third kappa shape index (κ3) is 3.40. The second-order valence-corrected chi connectivity index (χ2v) is 5.81. The molecule has 3 N–H and O–H groups in total. The Morgan fingerprint density at radius 1 is 0.885 bits per heavy atom. The van der Waals surface area contributed by atoms with Crippen molar-refractivity contribution in [3.05, 3.63) is 23.3 Å². The van der Waals surface area contributed by atoms with E-state index in [9.17, 15) is 27.8 Å². The molecule has 2 aromatic rings. The first kappa shape index (κ1) is 19.8. The van der Waals surface area contributed by atoms with E-state index in [2.05, 4.69) is 10.3 Å². The van der Waals surface area contributed by atoms with Gasteiger partial charge in [0.2, 0.25) is 0 Å². The van der Waals surface area contributed by atoms with Crippen molar-refractivity contribution < 1.29 is 27.8 Å². The number of fused-ring (bicyclic) bond motifs is 1. The lowest BCUT2D eigenvalue weighted by Gasteiger charge is -2.16. The fraction of sp³-hybridized carbons (Fsp3) is 0.389. The fourth-order valence-electron chi connectivity index (χ4n) is 2.52. The van der Waals surface area contributed by atoms with E-state index in [0.29, 0.717) is 19.3 Å². The van der Waals surface area contributed by atoms with Gasteiger partial charge >= 0.3 is 0 Å². The van der Waals surface area contributed by atoms with Crippen LogP contribution in [-0.2, 0) is 0 Å². The molecule has 0 amide bonds. The van der Waals surface area contributed by atoms with Gasteiger partial charge in [-0.3, -0.25) is 4.99 Å². The number of unbranched alkanes of at least 4 members (excludes halogenated alkanes) is 2. The molecule has 142 valence electrons. The summed E-state index contributed by atoms with van der Waals surface area (Å²) in [6, 6.07) is 0. The molecule has 2 rings (SSSR count). The smallest absolute Gasteiger partial charge is 0.197 e. The Balaban J connectivity index is 2.84. The quantitative estimate of drug-likeness (QED) is 0.197. The normalized spacial score (nSPS) is 11.6. The minimum atomic E-state index is -1.87. The molecule has 0 saturated heterocycles. The van der Waals surface area contributed by atoms with E-state index in [4.69, 9.17) is 0 Å². The van der Waals surface area contributed by atoms with Crippen LogP contribution in [0.2, 0.25) is 0 Å².